The fraction of sp³-hybridized carbons (Fsp3) is 0.130. The lowest BCUT2D eigenvalue weighted by molar-refractivity contribution is -0.139. The molecule has 0 aromatic heterocycles. The first kappa shape index (κ1) is 23.0. The molecule has 0 aliphatic carbocycles. The van der Waals surface area contributed by atoms with Crippen molar-refractivity contribution in [1.29, 1.82) is 5.26 Å². The summed E-state index contributed by atoms with van der Waals surface area (Å²) in [6.45, 7) is 0. The highest BCUT2D eigenvalue weighted by molar-refractivity contribution is 6.08. The van der Waals surface area contributed by atoms with Gasteiger partial charge < -0.3 is 20.3 Å². The standard InChI is InChI=1S/C23H18FN3O6/c1-32-22(30)17-16(12-7-4-3-5-8-12)14(11-25)20(26)27(19(17)23(31)33-2)18-13(21(28)29)9-6-10-15(18)24/h3-10,16H,26H2,1-2H3,(H,28,29). The van der Waals surface area contributed by atoms with Crippen molar-refractivity contribution < 1.29 is 33.4 Å². The molecule has 1 heterocycles. The summed E-state index contributed by atoms with van der Waals surface area (Å²) in [4.78, 5) is 38.4. The topological polar surface area (TPSA) is 143 Å². The van der Waals surface area contributed by atoms with Crippen LogP contribution in [0.5, 0.6) is 0 Å². The minimum atomic E-state index is -1.52. The molecule has 1 aliphatic heterocycles. The van der Waals surface area contributed by atoms with Gasteiger partial charge in [-0.15, -0.1) is 0 Å². The van der Waals surface area contributed by atoms with Gasteiger partial charge in [0.2, 0.25) is 0 Å². The number of hydrogen-bond donors (Lipinski definition) is 2. The van der Waals surface area contributed by atoms with E-state index >= 15 is 4.39 Å². The van der Waals surface area contributed by atoms with Crippen LogP contribution in [0.15, 0.2) is 71.2 Å². The van der Waals surface area contributed by atoms with E-state index in [1.807, 2.05) is 6.07 Å². The fourth-order valence-electron chi connectivity index (χ4n) is 3.66. The van der Waals surface area contributed by atoms with Gasteiger partial charge in [0.25, 0.3) is 0 Å². The number of hydrogen-bond acceptors (Lipinski definition) is 8. The van der Waals surface area contributed by atoms with Crippen molar-refractivity contribution in [3.05, 3.63) is 88.1 Å². The minimum absolute atomic E-state index is 0.214. The second kappa shape index (κ2) is 9.23. The SMILES string of the molecule is COC(=O)C1=C(C(=O)OC)N(c2c(F)cccc2C(=O)O)C(N)=C(C#N)C1c1ccccc1. The largest absolute Gasteiger partial charge is 0.478 e. The summed E-state index contributed by atoms with van der Waals surface area (Å²) in [6, 6.07) is 13.3. The zero-order chi connectivity index (χ0) is 24.3. The van der Waals surface area contributed by atoms with Crippen molar-refractivity contribution in [3.63, 3.8) is 0 Å². The fourth-order valence-corrected chi connectivity index (χ4v) is 3.66. The number of para-hydroxylation sites is 1. The monoisotopic (exact) mass is 451 g/mol. The summed E-state index contributed by atoms with van der Waals surface area (Å²) in [7, 11) is 2.09. The number of esters is 2. The van der Waals surface area contributed by atoms with Crippen molar-refractivity contribution in [2.75, 3.05) is 19.1 Å². The lowest BCUT2D eigenvalue weighted by Crippen LogP contribution is -2.41. The Hall–Kier alpha value is -4.65. The summed E-state index contributed by atoms with van der Waals surface area (Å²) < 4.78 is 24.7. The van der Waals surface area contributed by atoms with Crippen LogP contribution in [0.3, 0.4) is 0 Å². The zero-order valence-electron chi connectivity index (χ0n) is 17.5. The lowest BCUT2D eigenvalue weighted by Gasteiger charge is -2.36. The molecule has 0 amide bonds. The number of rotatable bonds is 5. The number of allylic oxidation sites excluding steroid dienone is 1. The minimum Gasteiger partial charge on any atom is -0.478 e. The Kier molecular flexibility index (Phi) is 6.44. The number of nitrogens with two attached hydrogens (primary N) is 1. The van der Waals surface area contributed by atoms with Crippen LogP contribution in [0.25, 0.3) is 0 Å². The average Bonchev–Trinajstić information content (AvgIpc) is 2.82. The van der Waals surface area contributed by atoms with Crippen LogP contribution >= 0.6 is 0 Å². The quantitative estimate of drug-likeness (QED) is 0.655. The maximum Gasteiger partial charge on any atom is 0.355 e. The molecule has 0 fully saturated rings. The normalized spacial score (nSPS) is 15.7. The number of anilines is 1. The van der Waals surface area contributed by atoms with Gasteiger partial charge >= 0.3 is 17.9 Å². The van der Waals surface area contributed by atoms with Gasteiger partial charge in [0.1, 0.15) is 17.3 Å². The number of carboxylic acid groups (broad SMARTS) is 1. The molecule has 2 aromatic carbocycles. The number of carboxylic acids is 1. The smallest absolute Gasteiger partial charge is 0.355 e. The molecule has 9 nitrogen and oxygen atoms in total. The Labute approximate surface area is 187 Å². The molecule has 0 spiro atoms. The Morgan fingerprint density at radius 2 is 1.70 bits per heavy atom. The molecule has 1 unspecified atom stereocenters. The van der Waals surface area contributed by atoms with E-state index in [1.54, 1.807) is 30.3 Å². The van der Waals surface area contributed by atoms with E-state index in [2.05, 4.69) is 0 Å². The molecule has 168 valence electrons. The zero-order valence-corrected chi connectivity index (χ0v) is 17.5. The molecule has 0 saturated carbocycles. The molecule has 3 N–H and O–H groups in total. The van der Waals surface area contributed by atoms with Gasteiger partial charge in [0, 0.05) is 0 Å². The molecule has 0 radical (unpaired) electrons. The average molecular weight is 451 g/mol. The van der Waals surface area contributed by atoms with Gasteiger partial charge in [0.15, 0.2) is 0 Å². The number of nitriles is 1. The van der Waals surface area contributed by atoms with Gasteiger partial charge in [-0.25, -0.2) is 18.8 Å². The van der Waals surface area contributed by atoms with E-state index in [1.165, 1.54) is 0 Å². The van der Waals surface area contributed by atoms with E-state index in [0.29, 0.717) is 5.56 Å². The summed E-state index contributed by atoms with van der Waals surface area (Å²) in [5.74, 6) is -6.30. The van der Waals surface area contributed by atoms with Crippen molar-refractivity contribution in [1.82, 2.24) is 0 Å². The third-order valence-corrected chi connectivity index (χ3v) is 5.05. The van der Waals surface area contributed by atoms with Crippen molar-refractivity contribution in [2.45, 2.75) is 5.92 Å². The van der Waals surface area contributed by atoms with Crippen LogP contribution in [0, 0.1) is 17.1 Å². The number of carbonyl (C=O) groups is 3. The highest BCUT2D eigenvalue weighted by Gasteiger charge is 2.44. The number of halogens is 1. The van der Waals surface area contributed by atoms with E-state index in [9.17, 15) is 24.8 Å². The Bertz CT molecular complexity index is 1250. The Morgan fingerprint density at radius 1 is 1.06 bits per heavy atom. The van der Waals surface area contributed by atoms with E-state index < -0.39 is 52.4 Å². The van der Waals surface area contributed by atoms with Crippen LogP contribution in [0.2, 0.25) is 0 Å². The molecule has 0 saturated heterocycles. The van der Waals surface area contributed by atoms with Gasteiger partial charge in [-0.05, 0) is 17.7 Å². The van der Waals surface area contributed by atoms with Gasteiger partial charge in [0.05, 0.1) is 48.6 Å². The maximum absolute atomic E-state index is 15.0. The Balaban J connectivity index is 2.51. The maximum atomic E-state index is 15.0. The molecule has 1 atom stereocenters. The number of ether oxygens (including phenoxy) is 2. The first-order valence-electron chi connectivity index (χ1n) is 9.45. The summed E-state index contributed by atoms with van der Waals surface area (Å²) in [5.41, 5.74) is 4.34. The number of methoxy groups -OCH3 is 2. The van der Waals surface area contributed by atoms with Crippen LogP contribution in [-0.2, 0) is 19.1 Å². The molecule has 0 bridgehead atoms. The van der Waals surface area contributed by atoms with Crippen molar-refractivity contribution in [3.8, 4) is 6.07 Å². The first-order chi connectivity index (χ1) is 15.8. The molecular formula is C23H18FN3O6. The number of aromatic carboxylic acids is 1. The highest BCUT2D eigenvalue weighted by Crippen LogP contribution is 2.44. The third-order valence-electron chi connectivity index (χ3n) is 5.05. The molecule has 1 aliphatic rings. The van der Waals surface area contributed by atoms with Crippen LogP contribution < -0.4 is 10.6 Å². The second-order valence-corrected chi connectivity index (χ2v) is 6.78. The van der Waals surface area contributed by atoms with E-state index in [4.69, 9.17) is 15.2 Å². The molecule has 2 aromatic rings. The van der Waals surface area contributed by atoms with E-state index in [-0.39, 0.29) is 11.1 Å². The lowest BCUT2D eigenvalue weighted by atomic mass is 9.80. The van der Waals surface area contributed by atoms with Crippen LogP contribution in [-0.4, -0.2) is 37.2 Å². The van der Waals surface area contributed by atoms with Crippen LogP contribution in [0.4, 0.5) is 10.1 Å². The predicted molar refractivity (Wildman–Crippen MR) is 113 cm³/mol. The van der Waals surface area contributed by atoms with E-state index in [0.717, 1.165) is 37.3 Å². The predicted octanol–water partition coefficient (Wildman–Crippen LogP) is 2.42. The molecule has 33 heavy (non-hydrogen) atoms. The van der Waals surface area contributed by atoms with Gasteiger partial charge in [-0.2, -0.15) is 5.26 Å². The van der Waals surface area contributed by atoms with Gasteiger partial charge in [-0.3, -0.25) is 4.90 Å². The Morgan fingerprint density at radius 3 is 2.24 bits per heavy atom. The van der Waals surface area contributed by atoms with Crippen molar-refractivity contribution >= 4 is 23.6 Å². The first-order valence-corrected chi connectivity index (χ1v) is 9.45. The highest BCUT2D eigenvalue weighted by atomic mass is 19.1. The molecule has 10 heteroatoms. The number of nitrogens with zero attached hydrogens (tertiary/aromatic N) is 2. The number of carbonyl (C=O) groups excluding carboxylic acids is 2. The van der Waals surface area contributed by atoms with Gasteiger partial charge in [-0.1, -0.05) is 36.4 Å². The third kappa shape index (κ3) is 3.87. The van der Waals surface area contributed by atoms with Crippen molar-refractivity contribution in [2.24, 2.45) is 5.73 Å². The second-order valence-electron chi connectivity index (χ2n) is 6.78. The summed E-state index contributed by atoms with van der Waals surface area (Å²) in [5, 5.41) is 19.6. The summed E-state index contributed by atoms with van der Waals surface area (Å²) in [6.07, 6.45) is 0. The molecular weight excluding hydrogens is 433 g/mol. The molecule has 3 rings (SSSR count). The van der Waals surface area contributed by atoms with Crippen LogP contribution in [0.1, 0.15) is 21.8 Å². The number of benzene rings is 2. The summed E-state index contributed by atoms with van der Waals surface area (Å²) >= 11 is 0.